The lowest BCUT2D eigenvalue weighted by atomic mass is 9.84. The molecule has 1 aromatic heterocycles. The Kier molecular flexibility index (Phi) is 3.91. The number of likely N-dealkylation sites (tertiary alicyclic amines) is 1. The molecule has 1 aromatic rings. The fraction of sp³-hybridized carbons (Fsp3) is 0.765. The van der Waals surface area contributed by atoms with Crippen LogP contribution in [-0.4, -0.2) is 47.6 Å². The van der Waals surface area contributed by atoms with Gasteiger partial charge < -0.3 is 9.80 Å². The van der Waals surface area contributed by atoms with Crippen LogP contribution < -0.4 is 4.90 Å². The number of fused-ring (bicyclic) bond motifs is 1. The van der Waals surface area contributed by atoms with Crippen molar-refractivity contribution in [2.75, 3.05) is 31.6 Å². The normalized spacial score (nSPS) is 27.5. The standard InChI is InChI=1S/C17H28N4/c1-17(2,3)16-18-9-7-15(19-16)21-10-5-6-13-12-20(4)11-8-14(13)21/h7,9,13-14H,5-6,8,10-12H2,1-4H3/t13-,14+/m0/s1. The van der Waals surface area contributed by atoms with Crippen molar-refractivity contribution < 1.29 is 0 Å². The summed E-state index contributed by atoms with van der Waals surface area (Å²) in [6, 6.07) is 2.76. The maximum Gasteiger partial charge on any atom is 0.135 e. The van der Waals surface area contributed by atoms with E-state index in [4.69, 9.17) is 4.98 Å². The lowest BCUT2D eigenvalue weighted by Gasteiger charge is -2.47. The van der Waals surface area contributed by atoms with Crippen LogP contribution in [0.1, 0.15) is 45.9 Å². The molecule has 4 heteroatoms. The fourth-order valence-electron chi connectivity index (χ4n) is 3.74. The van der Waals surface area contributed by atoms with Crippen LogP contribution in [0.25, 0.3) is 0 Å². The molecule has 2 fully saturated rings. The van der Waals surface area contributed by atoms with Gasteiger partial charge in [-0.2, -0.15) is 0 Å². The number of hydrogen-bond acceptors (Lipinski definition) is 4. The summed E-state index contributed by atoms with van der Waals surface area (Å²) in [7, 11) is 2.25. The smallest absolute Gasteiger partial charge is 0.135 e. The molecule has 0 N–H and O–H groups in total. The summed E-state index contributed by atoms with van der Waals surface area (Å²) in [6.45, 7) is 10.1. The third kappa shape index (κ3) is 3.05. The molecule has 116 valence electrons. The summed E-state index contributed by atoms with van der Waals surface area (Å²) in [5.41, 5.74) is 0.0119. The van der Waals surface area contributed by atoms with Gasteiger partial charge in [0.05, 0.1) is 0 Å². The van der Waals surface area contributed by atoms with Crippen LogP contribution in [-0.2, 0) is 5.41 Å². The predicted molar refractivity (Wildman–Crippen MR) is 86.7 cm³/mol. The summed E-state index contributed by atoms with van der Waals surface area (Å²) < 4.78 is 0. The number of hydrogen-bond donors (Lipinski definition) is 0. The van der Waals surface area contributed by atoms with Crippen LogP contribution in [0, 0.1) is 5.92 Å². The van der Waals surface area contributed by atoms with Crippen molar-refractivity contribution in [2.24, 2.45) is 5.92 Å². The Balaban J connectivity index is 1.85. The van der Waals surface area contributed by atoms with Crippen molar-refractivity contribution >= 4 is 5.82 Å². The van der Waals surface area contributed by atoms with Crippen LogP contribution in [0.3, 0.4) is 0 Å². The highest BCUT2D eigenvalue weighted by Gasteiger charge is 2.35. The summed E-state index contributed by atoms with van der Waals surface area (Å²) in [5.74, 6) is 2.88. The fourth-order valence-corrected chi connectivity index (χ4v) is 3.74. The molecule has 3 rings (SSSR count). The second-order valence-corrected chi connectivity index (χ2v) is 7.70. The number of rotatable bonds is 1. The highest BCUT2D eigenvalue weighted by molar-refractivity contribution is 5.40. The predicted octanol–water partition coefficient (Wildman–Crippen LogP) is 2.69. The summed E-state index contributed by atoms with van der Waals surface area (Å²) in [6.07, 6.45) is 5.84. The SMILES string of the molecule is CN1CC[C@@H]2[C@@H](CCCN2c2ccnc(C(C)(C)C)n2)C1. The zero-order valence-corrected chi connectivity index (χ0v) is 13.8. The highest BCUT2D eigenvalue weighted by atomic mass is 15.3. The lowest BCUT2D eigenvalue weighted by molar-refractivity contribution is 0.154. The van der Waals surface area contributed by atoms with Gasteiger partial charge in [-0.05, 0) is 44.8 Å². The summed E-state index contributed by atoms with van der Waals surface area (Å²) in [4.78, 5) is 14.4. The van der Waals surface area contributed by atoms with Crippen LogP contribution in [0.2, 0.25) is 0 Å². The first-order valence-electron chi connectivity index (χ1n) is 8.24. The summed E-state index contributed by atoms with van der Waals surface area (Å²) in [5, 5.41) is 0. The molecule has 0 bridgehead atoms. The molecule has 0 spiro atoms. The molecule has 0 aliphatic carbocycles. The molecule has 21 heavy (non-hydrogen) atoms. The molecular formula is C17H28N4. The van der Waals surface area contributed by atoms with Crippen molar-refractivity contribution in [2.45, 2.75) is 51.5 Å². The van der Waals surface area contributed by atoms with E-state index in [1.807, 2.05) is 6.20 Å². The Morgan fingerprint density at radius 2 is 2.00 bits per heavy atom. The molecule has 2 atom stereocenters. The summed E-state index contributed by atoms with van der Waals surface area (Å²) >= 11 is 0. The van der Waals surface area contributed by atoms with E-state index in [2.05, 4.69) is 48.7 Å². The monoisotopic (exact) mass is 288 g/mol. The van der Waals surface area contributed by atoms with Crippen LogP contribution >= 0.6 is 0 Å². The molecule has 3 heterocycles. The zero-order chi connectivity index (χ0) is 15.0. The van der Waals surface area contributed by atoms with Crippen LogP contribution in [0.4, 0.5) is 5.82 Å². The van der Waals surface area contributed by atoms with Gasteiger partial charge in [-0.25, -0.2) is 9.97 Å². The molecule has 0 radical (unpaired) electrons. The Morgan fingerprint density at radius 1 is 1.19 bits per heavy atom. The van der Waals surface area contributed by atoms with E-state index < -0.39 is 0 Å². The first-order chi connectivity index (χ1) is 9.95. The number of aromatic nitrogens is 2. The maximum atomic E-state index is 4.88. The average Bonchev–Trinajstić information content (AvgIpc) is 2.45. The van der Waals surface area contributed by atoms with E-state index in [0.717, 1.165) is 24.1 Å². The zero-order valence-electron chi connectivity index (χ0n) is 13.8. The first-order valence-corrected chi connectivity index (χ1v) is 8.24. The number of nitrogens with zero attached hydrogens (tertiary/aromatic N) is 4. The van der Waals surface area contributed by atoms with E-state index in [9.17, 15) is 0 Å². The molecular weight excluding hydrogens is 260 g/mol. The minimum absolute atomic E-state index is 0.0119. The van der Waals surface area contributed by atoms with E-state index in [0.29, 0.717) is 6.04 Å². The lowest BCUT2D eigenvalue weighted by Crippen LogP contribution is -2.53. The number of piperidine rings is 2. The minimum Gasteiger partial charge on any atom is -0.353 e. The van der Waals surface area contributed by atoms with Gasteiger partial charge in [-0.15, -0.1) is 0 Å². The average molecular weight is 288 g/mol. The van der Waals surface area contributed by atoms with Gasteiger partial charge in [0, 0.05) is 30.7 Å². The van der Waals surface area contributed by atoms with Crippen molar-refractivity contribution in [3.05, 3.63) is 18.1 Å². The largest absolute Gasteiger partial charge is 0.353 e. The van der Waals surface area contributed by atoms with Crippen LogP contribution in [0.15, 0.2) is 12.3 Å². The molecule has 0 aromatic carbocycles. The van der Waals surface area contributed by atoms with Gasteiger partial charge in [0.15, 0.2) is 0 Å². The Hall–Kier alpha value is -1.16. The minimum atomic E-state index is 0.0119. The van der Waals surface area contributed by atoms with E-state index in [1.54, 1.807) is 0 Å². The maximum absolute atomic E-state index is 4.88. The van der Waals surface area contributed by atoms with Crippen LogP contribution in [0.5, 0.6) is 0 Å². The van der Waals surface area contributed by atoms with Gasteiger partial charge in [-0.1, -0.05) is 20.8 Å². The molecule has 2 aliphatic heterocycles. The van der Waals surface area contributed by atoms with Gasteiger partial charge in [0.2, 0.25) is 0 Å². The topological polar surface area (TPSA) is 32.3 Å². The van der Waals surface area contributed by atoms with Gasteiger partial charge in [0.25, 0.3) is 0 Å². The highest BCUT2D eigenvalue weighted by Crippen LogP contribution is 2.33. The van der Waals surface area contributed by atoms with E-state index in [1.165, 1.54) is 32.4 Å². The van der Waals surface area contributed by atoms with Gasteiger partial charge >= 0.3 is 0 Å². The van der Waals surface area contributed by atoms with E-state index in [-0.39, 0.29) is 5.41 Å². The van der Waals surface area contributed by atoms with Crippen molar-refractivity contribution in [1.29, 1.82) is 0 Å². The number of anilines is 1. The Bertz CT molecular complexity index is 494. The first kappa shape index (κ1) is 14.8. The Labute approximate surface area is 128 Å². The second kappa shape index (κ2) is 5.56. The quantitative estimate of drug-likeness (QED) is 0.795. The molecule has 2 saturated heterocycles. The van der Waals surface area contributed by atoms with Gasteiger partial charge in [0.1, 0.15) is 11.6 Å². The molecule has 0 unspecified atom stereocenters. The van der Waals surface area contributed by atoms with Gasteiger partial charge in [-0.3, -0.25) is 0 Å². The third-order valence-electron chi connectivity index (χ3n) is 4.88. The van der Waals surface area contributed by atoms with Crippen molar-refractivity contribution in [3.8, 4) is 0 Å². The molecule has 4 nitrogen and oxygen atoms in total. The third-order valence-corrected chi connectivity index (χ3v) is 4.88. The Morgan fingerprint density at radius 3 is 2.76 bits per heavy atom. The van der Waals surface area contributed by atoms with E-state index >= 15 is 0 Å². The molecule has 0 saturated carbocycles. The second-order valence-electron chi connectivity index (χ2n) is 7.70. The molecule has 2 aliphatic rings. The van der Waals surface area contributed by atoms with Crippen molar-refractivity contribution in [3.63, 3.8) is 0 Å². The van der Waals surface area contributed by atoms with Crippen molar-refractivity contribution in [1.82, 2.24) is 14.9 Å². The molecule has 0 amide bonds.